The summed E-state index contributed by atoms with van der Waals surface area (Å²) < 4.78 is 5.88. The maximum Gasteiger partial charge on any atom is 0.146 e. The lowest BCUT2D eigenvalue weighted by atomic mass is 10.0. The predicted octanol–water partition coefficient (Wildman–Crippen LogP) is 4.72. The second-order valence-electron chi connectivity index (χ2n) is 6.36. The molecule has 0 aliphatic heterocycles. The molecule has 0 saturated carbocycles. The third kappa shape index (κ3) is 4.10. The van der Waals surface area contributed by atoms with Crippen LogP contribution in [0.1, 0.15) is 39.5 Å². The molecule has 0 bridgehead atoms. The minimum atomic E-state index is 0.111. The standard InChI is InChI=1S/C20H25N3O2/c1-3-5-8-15(4-2)14-25-16-11-12-19(20(24)13-16)23-21-17-9-6-7-10-18(17)22-23/h6-7,9-13,15,24H,3-5,8,14H2,1-2H3/t15-/m1/s1. The summed E-state index contributed by atoms with van der Waals surface area (Å²) in [6.07, 6.45) is 4.72. The van der Waals surface area contributed by atoms with Crippen molar-refractivity contribution in [2.24, 2.45) is 5.92 Å². The Morgan fingerprint density at radius 1 is 1.08 bits per heavy atom. The molecule has 1 N–H and O–H groups in total. The van der Waals surface area contributed by atoms with Gasteiger partial charge in [0.2, 0.25) is 0 Å². The van der Waals surface area contributed by atoms with Crippen LogP contribution in [0.5, 0.6) is 11.5 Å². The third-order valence-corrected chi connectivity index (χ3v) is 4.48. The van der Waals surface area contributed by atoms with Crippen molar-refractivity contribution in [2.45, 2.75) is 39.5 Å². The molecular formula is C20H25N3O2. The summed E-state index contributed by atoms with van der Waals surface area (Å²) in [5.41, 5.74) is 2.13. The van der Waals surface area contributed by atoms with Gasteiger partial charge >= 0.3 is 0 Å². The number of nitrogens with zero attached hydrogens (tertiary/aromatic N) is 3. The minimum absolute atomic E-state index is 0.111. The molecule has 0 aliphatic carbocycles. The summed E-state index contributed by atoms with van der Waals surface area (Å²) in [7, 11) is 0. The Bertz CT molecular complexity index is 796. The van der Waals surface area contributed by atoms with Crippen LogP contribution in [0.15, 0.2) is 42.5 Å². The van der Waals surface area contributed by atoms with Crippen LogP contribution in [0, 0.1) is 5.92 Å². The molecule has 5 nitrogen and oxygen atoms in total. The second-order valence-corrected chi connectivity index (χ2v) is 6.36. The number of aromatic nitrogens is 3. The van der Waals surface area contributed by atoms with Crippen molar-refractivity contribution < 1.29 is 9.84 Å². The van der Waals surface area contributed by atoms with Crippen molar-refractivity contribution in [3.8, 4) is 17.2 Å². The molecule has 1 atom stereocenters. The van der Waals surface area contributed by atoms with Gasteiger partial charge in [-0.2, -0.15) is 0 Å². The average Bonchev–Trinajstić information content (AvgIpc) is 3.05. The van der Waals surface area contributed by atoms with Crippen LogP contribution in [0.4, 0.5) is 0 Å². The average molecular weight is 339 g/mol. The maximum absolute atomic E-state index is 10.4. The topological polar surface area (TPSA) is 60.2 Å². The Labute approximate surface area is 148 Å². The summed E-state index contributed by atoms with van der Waals surface area (Å²) in [6, 6.07) is 12.9. The number of rotatable bonds is 8. The fourth-order valence-electron chi connectivity index (χ4n) is 2.84. The van der Waals surface area contributed by atoms with Gasteiger partial charge in [0, 0.05) is 6.07 Å². The first-order chi connectivity index (χ1) is 12.2. The lowest BCUT2D eigenvalue weighted by Gasteiger charge is -2.16. The molecule has 25 heavy (non-hydrogen) atoms. The van der Waals surface area contributed by atoms with Gasteiger partial charge in [0.25, 0.3) is 0 Å². The Morgan fingerprint density at radius 2 is 1.80 bits per heavy atom. The number of unbranched alkanes of at least 4 members (excludes halogenated alkanes) is 1. The van der Waals surface area contributed by atoms with Gasteiger partial charge in [0.15, 0.2) is 0 Å². The van der Waals surface area contributed by atoms with Crippen LogP contribution in [0.25, 0.3) is 16.7 Å². The van der Waals surface area contributed by atoms with Crippen LogP contribution in [-0.4, -0.2) is 26.7 Å². The third-order valence-electron chi connectivity index (χ3n) is 4.48. The molecule has 132 valence electrons. The number of ether oxygens (including phenoxy) is 1. The first-order valence-corrected chi connectivity index (χ1v) is 8.99. The van der Waals surface area contributed by atoms with E-state index in [0.717, 1.165) is 17.5 Å². The van der Waals surface area contributed by atoms with Gasteiger partial charge in [-0.1, -0.05) is 45.2 Å². The van der Waals surface area contributed by atoms with E-state index in [1.165, 1.54) is 24.1 Å². The number of hydrogen-bond acceptors (Lipinski definition) is 4. The monoisotopic (exact) mass is 339 g/mol. The fraction of sp³-hybridized carbons (Fsp3) is 0.400. The Kier molecular flexibility index (Phi) is 5.53. The van der Waals surface area contributed by atoms with Crippen molar-refractivity contribution in [2.75, 3.05) is 6.61 Å². The molecule has 0 saturated heterocycles. The molecule has 5 heteroatoms. The molecule has 1 heterocycles. The van der Waals surface area contributed by atoms with E-state index in [4.69, 9.17) is 4.74 Å². The van der Waals surface area contributed by atoms with E-state index >= 15 is 0 Å². The van der Waals surface area contributed by atoms with Crippen molar-refractivity contribution >= 4 is 11.0 Å². The Morgan fingerprint density at radius 3 is 2.40 bits per heavy atom. The van der Waals surface area contributed by atoms with E-state index < -0.39 is 0 Å². The number of phenols is 1. The van der Waals surface area contributed by atoms with Gasteiger partial charge < -0.3 is 9.84 Å². The number of phenolic OH excluding ortho intramolecular Hbond substituents is 1. The highest BCUT2D eigenvalue weighted by Crippen LogP contribution is 2.27. The quantitative estimate of drug-likeness (QED) is 0.645. The molecule has 3 aromatic rings. The summed E-state index contributed by atoms with van der Waals surface area (Å²) >= 11 is 0. The second kappa shape index (κ2) is 8.01. The molecule has 0 unspecified atom stereocenters. The summed E-state index contributed by atoms with van der Waals surface area (Å²) in [6.45, 7) is 5.08. The molecule has 0 radical (unpaired) electrons. The summed E-state index contributed by atoms with van der Waals surface area (Å²) in [5.74, 6) is 1.34. The first kappa shape index (κ1) is 17.3. The van der Waals surface area contributed by atoms with Crippen molar-refractivity contribution in [1.29, 1.82) is 0 Å². The van der Waals surface area contributed by atoms with E-state index in [9.17, 15) is 5.11 Å². The Hall–Kier alpha value is -2.56. The SMILES string of the molecule is CCCC[C@@H](CC)COc1ccc(-n2nc3ccccc3n2)c(O)c1. The first-order valence-electron chi connectivity index (χ1n) is 8.99. The minimum Gasteiger partial charge on any atom is -0.505 e. The van der Waals surface area contributed by atoms with Gasteiger partial charge in [0.05, 0.1) is 6.61 Å². The summed E-state index contributed by atoms with van der Waals surface area (Å²) in [4.78, 5) is 1.46. The lowest BCUT2D eigenvalue weighted by molar-refractivity contribution is 0.232. The van der Waals surface area contributed by atoms with Gasteiger partial charge in [-0.25, -0.2) is 0 Å². The van der Waals surface area contributed by atoms with Crippen LogP contribution in [-0.2, 0) is 0 Å². The molecule has 0 spiro atoms. The largest absolute Gasteiger partial charge is 0.505 e. The number of benzene rings is 2. The molecule has 3 rings (SSSR count). The van der Waals surface area contributed by atoms with Gasteiger partial charge in [-0.3, -0.25) is 0 Å². The number of hydrogen-bond donors (Lipinski definition) is 1. The van der Waals surface area contributed by atoms with Gasteiger partial charge in [-0.05, 0) is 36.6 Å². The maximum atomic E-state index is 10.4. The molecular weight excluding hydrogens is 314 g/mol. The van der Waals surface area contributed by atoms with Crippen molar-refractivity contribution in [3.63, 3.8) is 0 Å². The molecule has 2 aromatic carbocycles. The summed E-state index contributed by atoms with van der Waals surface area (Å²) in [5, 5.41) is 19.2. The lowest BCUT2D eigenvalue weighted by Crippen LogP contribution is -2.11. The van der Waals surface area contributed by atoms with Crippen LogP contribution in [0.3, 0.4) is 0 Å². The van der Waals surface area contributed by atoms with Crippen LogP contribution < -0.4 is 4.74 Å². The van der Waals surface area contributed by atoms with Crippen molar-refractivity contribution in [3.05, 3.63) is 42.5 Å². The highest BCUT2D eigenvalue weighted by Gasteiger charge is 2.11. The van der Waals surface area contributed by atoms with E-state index in [1.807, 2.05) is 30.3 Å². The highest BCUT2D eigenvalue weighted by molar-refractivity contribution is 5.73. The predicted molar refractivity (Wildman–Crippen MR) is 99.3 cm³/mol. The zero-order valence-corrected chi connectivity index (χ0v) is 14.9. The molecule has 0 aliphatic rings. The fourth-order valence-corrected chi connectivity index (χ4v) is 2.84. The van der Waals surface area contributed by atoms with E-state index in [-0.39, 0.29) is 5.75 Å². The van der Waals surface area contributed by atoms with Crippen LogP contribution in [0.2, 0.25) is 0 Å². The van der Waals surface area contributed by atoms with E-state index in [2.05, 4.69) is 24.0 Å². The smallest absolute Gasteiger partial charge is 0.146 e. The normalized spacial score (nSPS) is 12.4. The van der Waals surface area contributed by atoms with Gasteiger partial charge in [0.1, 0.15) is 28.2 Å². The number of fused-ring (bicyclic) bond motifs is 1. The highest BCUT2D eigenvalue weighted by atomic mass is 16.5. The molecule has 0 fully saturated rings. The van der Waals surface area contributed by atoms with E-state index in [1.54, 1.807) is 12.1 Å². The van der Waals surface area contributed by atoms with Gasteiger partial charge in [-0.15, -0.1) is 15.0 Å². The number of aromatic hydroxyl groups is 1. The Balaban J connectivity index is 1.72. The molecule has 1 aromatic heterocycles. The van der Waals surface area contributed by atoms with Crippen molar-refractivity contribution in [1.82, 2.24) is 15.0 Å². The zero-order chi connectivity index (χ0) is 17.6. The van der Waals surface area contributed by atoms with Crippen LogP contribution >= 0.6 is 0 Å². The molecule has 0 amide bonds. The zero-order valence-electron chi connectivity index (χ0n) is 14.9. The van der Waals surface area contributed by atoms with E-state index in [0.29, 0.717) is 24.0 Å².